The highest BCUT2D eigenvalue weighted by Gasteiger charge is 2.31. The first-order valence-corrected chi connectivity index (χ1v) is 10.3. The molecule has 0 spiro atoms. The molecule has 1 fully saturated rings. The average molecular weight is 428 g/mol. The molecule has 1 N–H and O–H groups in total. The molecule has 3 heterocycles. The summed E-state index contributed by atoms with van der Waals surface area (Å²) in [5.41, 5.74) is 0.974. The number of amides is 2. The van der Waals surface area contributed by atoms with Crippen LogP contribution >= 0.6 is 0 Å². The third-order valence-electron chi connectivity index (χ3n) is 5.24. The number of ether oxygens (including phenoxy) is 3. The Bertz CT molecular complexity index is 941. The number of furan rings is 1. The topological polar surface area (TPSA) is 107 Å². The number of carbonyl (C=O) groups excluding carboxylic acids is 3. The lowest BCUT2D eigenvalue weighted by atomic mass is 10.0. The van der Waals surface area contributed by atoms with Crippen molar-refractivity contribution in [3.63, 3.8) is 0 Å². The van der Waals surface area contributed by atoms with Crippen molar-refractivity contribution in [2.75, 3.05) is 32.9 Å². The molecule has 9 heteroatoms. The van der Waals surface area contributed by atoms with Crippen LogP contribution in [0.5, 0.6) is 11.5 Å². The van der Waals surface area contributed by atoms with Gasteiger partial charge in [0.1, 0.15) is 13.2 Å². The van der Waals surface area contributed by atoms with E-state index in [1.54, 1.807) is 11.0 Å². The molecule has 4 rings (SSSR count). The third-order valence-corrected chi connectivity index (χ3v) is 5.24. The van der Waals surface area contributed by atoms with Gasteiger partial charge in [-0.3, -0.25) is 14.4 Å². The molecule has 2 aliphatic heterocycles. The number of nitrogens with zero attached hydrogens (tertiary/aromatic N) is 1. The molecule has 1 unspecified atom stereocenters. The molecule has 1 saturated heterocycles. The summed E-state index contributed by atoms with van der Waals surface area (Å²) in [6.45, 7) is 1.40. The maximum atomic E-state index is 12.7. The molecule has 0 bridgehead atoms. The predicted octanol–water partition coefficient (Wildman–Crippen LogP) is 2.08. The van der Waals surface area contributed by atoms with Crippen molar-refractivity contribution in [1.29, 1.82) is 0 Å². The molecule has 0 radical (unpaired) electrons. The van der Waals surface area contributed by atoms with E-state index in [1.165, 1.54) is 12.3 Å². The number of hydrogen-bond acceptors (Lipinski definition) is 7. The normalized spacial score (nSPS) is 17.3. The Kier molecular flexibility index (Phi) is 6.40. The Morgan fingerprint density at radius 3 is 2.77 bits per heavy atom. The maximum absolute atomic E-state index is 12.7. The van der Waals surface area contributed by atoms with Gasteiger partial charge in [0.25, 0.3) is 11.8 Å². The van der Waals surface area contributed by atoms with Crippen LogP contribution in [0.25, 0.3) is 0 Å². The van der Waals surface area contributed by atoms with Crippen LogP contribution in [0, 0.1) is 0 Å². The van der Waals surface area contributed by atoms with Crippen LogP contribution in [-0.2, 0) is 14.3 Å². The fourth-order valence-corrected chi connectivity index (χ4v) is 3.75. The molecule has 2 aromatic rings. The van der Waals surface area contributed by atoms with E-state index in [9.17, 15) is 14.4 Å². The third kappa shape index (κ3) is 4.99. The van der Waals surface area contributed by atoms with Crippen LogP contribution in [0.4, 0.5) is 0 Å². The van der Waals surface area contributed by atoms with E-state index >= 15 is 0 Å². The zero-order valence-corrected chi connectivity index (χ0v) is 17.0. The van der Waals surface area contributed by atoms with Gasteiger partial charge in [0.2, 0.25) is 0 Å². The van der Waals surface area contributed by atoms with E-state index in [-0.39, 0.29) is 37.3 Å². The summed E-state index contributed by atoms with van der Waals surface area (Å²) in [7, 11) is 0. The Labute approximate surface area is 179 Å². The van der Waals surface area contributed by atoms with E-state index in [0.29, 0.717) is 31.3 Å². The SMILES string of the molecule is O=C(CCNC(=O)c1ccco1)OCC(=O)N1CCCC1c1ccc2c(c1)OCCO2. The number of benzene rings is 1. The van der Waals surface area contributed by atoms with Gasteiger partial charge < -0.3 is 28.8 Å². The Balaban J connectivity index is 1.25. The summed E-state index contributed by atoms with van der Waals surface area (Å²) in [5.74, 6) is 0.356. The summed E-state index contributed by atoms with van der Waals surface area (Å²) < 4.78 is 21.3. The van der Waals surface area contributed by atoms with Crippen molar-refractivity contribution in [2.24, 2.45) is 0 Å². The average Bonchev–Trinajstić information content (AvgIpc) is 3.49. The fraction of sp³-hybridized carbons (Fsp3) is 0.409. The standard InChI is InChI=1S/C22H24N2O7/c25-20(14-31-21(26)7-8-23-22(27)18-4-2-10-28-18)24-9-1-3-16(24)15-5-6-17-19(13-15)30-12-11-29-17/h2,4-6,10,13,16H,1,3,7-9,11-12,14H2,(H,23,27). The Morgan fingerprint density at radius 2 is 1.97 bits per heavy atom. The lowest BCUT2D eigenvalue weighted by Gasteiger charge is -2.26. The van der Waals surface area contributed by atoms with E-state index in [2.05, 4.69) is 5.32 Å². The zero-order valence-electron chi connectivity index (χ0n) is 17.0. The van der Waals surface area contributed by atoms with Crippen LogP contribution in [0.2, 0.25) is 0 Å². The monoisotopic (exact) mass is 428 g/mol. The van der Waals surface area contributed by atoms with Crippen LogP contribution in [-0.4, -0.2) is 55.6 Å². The Morgan fingerprint density at radius 1 is 1.13 bits per heavy atom. The predicted molar refractivity (Wildman–Crippen MR) is 108 cm³/mol. The van der Waals surface area contributed by atoms with Crippen LogP contribution < -0.4 is 14.8 Å². The number of fused-ring (bicyclic) bond motifs is 1. The van der Waals surface area contributed by atoms with E-state index < -0.39 is 11.9 Å². The van der Waals surface area contributed by atoms with Gasteiger partial charge in [-0.15, -0.1) is 0 Å². The number of nitrogens with one attached hydrogen (secondary N) is 1. The molecule has 1 aromatic carbocycles. The quantitative estimate of drug-likeness (QED) is 0.673. The maximum Gasteiger partial charge on any atom is 0.308 e. The van der Waals surface area contributed by atoms with Gasteiger partial charge in [-0.05, 0) is 42.7 Å². The summed E-state index contributed by atoms with van der Waals surface area (Å²) in [6.07, 6.45) is 3.06. The second kappa shape index (κ2) is 9.55. The minimum absolute atomic E-state index is 0.0364. The van der Waals surface area contributed by atoms with Gasteiger partial charge in [-0.2, -0.15) is 0 Å². The van der Waals surface area contributed by atoms with Gasteiger partial charge in [0.15, 0.2) is 23.9 Å². The van der Waals surface area contributed by atoms with Crippen molar-refractivity contribution in [3.05, 3.63) is 47.9 Å². The largest absolute Gasteiger partial charge is 0.486 e. The molecule has 164 valence electrons. The number of carbonyl (C=O) groups is 3. The summed E-state index contributed by atoms with van der Waals surface area (Å²) in [5, 5.41) is 2.56. The van der Waals surface area contributed by atoms with Crippen LogP contribution in [0.1, 0.15) is 41.4 Å². The van der Waals surface area contributed by atoms with E-state index in [4.69, 9.17) is 18.6 Å². The van der Waals surface area contributed by atoms with Crippen LogP contribution in [0.3, 0.4) is 0 Å². The first-order chi connectivity index (χ1) is 15.1. The van der Waals surface area contributed by atoms with Crippen molar-refractivity contribution < 1.29 is 33.0 Å². The number of likely N-dealkylation sites (tertiary alicyclic amines) is 1. The van der Waals surface area contributed by atoms with Crippen molar-refractivity contribution in [2.45, 2.75) is 25.3 Å². The molecular weight excluding hydrogens is 404 g/mol. The highest BCUT2D eigenvalue weighted by atomic mass is 16.6. The second-order valence-electron chi connectivity index (χ2n) is 7.29. The van der Waals surface area contributed by atoms with Gasteiger partial charge in [0, 0.05) is 13.1 Å². The van der Waals surface area contributed by atoms with E-state index in [1.807, 2.05) is 18.2 Å². The first-order valence-electron chi connectivity index (χ1n) is 10.3. The Hall–Kier alpha value is -3.49. The van der Waals surface area contributed by atoms with Crippen molar-refractivity contribution >= 4 is 17.8 Å². The van der Waals surface area contributed by atoms with Gasteiger partial charge in [-0.1, -0.05) is 6.07 Å². The molecule has 1 aromatic heterocycles. The van der Waals surface area contributed by atoms with Crippen LogP contribution in [0.15, 0.2) is 41.0 Å². The lowest BCUT2D eigenvalue weighted by Crippen LogP contribution is -2.34. The molecule has 2 aliphatic rings. The molecule has 31 heavy (non-hydrogen) atoms. The molecule has 2 amide bonds. The first kappa shape index (κ1) is 20.8. The summed E-state index contributed by atoms with van der Waals surface area (Å²) in [4.78, 5) is 38.1. The zero-order chi connectivity index (χ0) is 21.6. The summed E-state index contributed by atoms with van der Waals surface area (Å²) >= 11 is 0. The fourth-order valence-electron chi connectivity index (χ4n) is 3.75. The highest BCUT2D eigenvalue weighted by Crippen LogP contribution is 2.38. The molecule has 0 saturated carbocycles. The molecule has 9 nitrogen and oxygen atoms in total. The second-order valence-corrected chi connectivity index (χ2v) is 7.29. The number of esters is 1. The number of hydrogen-bond donors (Lipinski definition) is 1. The van der Waals surface area contributed by atoms with Gasteiger partial charge in [-0.25, -0.2) is 0 Å². The smallest absolute Gasteiger partial charge is 0.308 e. The summed E-state index contributed by atoms with van der Waals surface area (Å²) in [6, 6.07) is 8.76. The minimum Gasteiger partial charge on any atom is -0.486 e. The van der Waals surface area contributed by atoms with Crippen molar-refractivity contribution in [1.82, 2.24) is 10.2 Å². The van der Waals surface area contributed by atoms with E-state index in [0.717, 1.165) is 18.4 Å². The lowest BCUT2D eigenvalue weighted by molar-refractivity contribution is -0.152. The number of rotatable bonds is 7. The highest BCUT2D eigenvalue weighted by molar-refractivity contribution is 5.91. The molecular formula is C22H24N2O7. The minimum atomic E-state index is -0.553. The molecule has 0 aliphatic carbocycles. The van der Waals surface area contributed by atoms with Gasteiger partial charge >= 0.3 is 5.97 Å². The van der Waals surface area contributed by atoms with Crippen molar-refractivity contribution in [3.8, 4) is 11.5 Å². The van der Waals surface area contributed by atoms with Gasteiger partial charge in [0.05, 0.1) is 18.7 Å². The molecule has 1 atom stereocenters.